The number of ether oxygens (including phenoxy) is 2. The van der Waals surface area contributed by atoms with Crippen molar-refractivity contribution < 1.29 is 37.6 Å². The topological polar surface area (TPSA) is 134 Å². The summed E-state index contributed by atoms with van der Waals surface area (Å²) < 4.78 is 32.9. The van der Waals surface area contributed by atoms with Crippen LogP contribution in [0.25, 0.3) is 0 Å². The molecular formula is C57H98NO8P. The van der Waals surface area contributed by atoms with Crippen molar-refractivity contribution >= 4 is 19.8 Å². The summed E-state index contributed by atoms with van der Waals surface area (Å²) in [4.78, 5) is 35.1. The zero-order chi connectivity index (χ0) is 48.8. The summed E-state index contributed by atoms with van der Waals surface area (Å²) in [5.74, 6) is -0.846. The van der Waals surface area contributed by atoms with Gasteiger partial charge in [-0.15, -0.1) is 0 Å². The number of hydrogen-bond acceptors (Lipinski definition) is 8. The third kappa shape index (κ3) is 52.2. The maximum atomic E-state index is 12.7. The Morgan fingerprint density at radius 1 is 0.463 bits per heavy atom. The van der Waals surface area contributed by atoms with Gasteiger partial charge in [-0.2, -0.15) is 0 Å². The van der Waals surface area contributed by atoms with Gasteiger partial charge in [-0.25, -0.2) is 4.57 Å². The van der Waals surface area contributed by atoms with Crippen molar-refractivity contribution in [3.05, 3.63) is 97.2 Å². The smallest absolute Gasteiger partial charge is 0.462 e. The van der Waals surface area contributed by atoms with Crippen LogP contribution in [0.3, 0.4) is 0 Å². The molecule has 0 aromatic carbocycles. The fourth-order valence-corrected chi connectivity index (χ4v) is 7.83. The van der Waals surface area contributed by atoms with Crippen LogP contribution in [0.2, 0.25) is 0 Å². The summed E-state index contributed by atoms with van der Waals surface area (Å²) >= 11 is 0. The quantitative estimate of drug-likeness (QED) is 0.0264. The van der Waals surface area contributed by atoms with Gasteiger partial charge in [0.05, 0.1) is 13.2 Å². The van der Waals surface area contributed by atoms with Gasteiger partial charge in [0, 0.05) is 19.4 Å². The van der Waals surface area contributed by atoms with E-state index in [1.807, 2.05) is 0 Å². The van der Waals surface area contributed by atoms with Gasteiger partial charge in [-0.1, -0.05) is 227 Å². The lowest BCUT2D eigenvalue weighted by atomic mass is 10.0. The van der Waals surface area contributed by atoms with E-state index in [0.717, 1.165) is 109 Å². The van der Waals surface area contributed by atoms with Crippen molar-refractivity contribution in [2.75, 3.05) is 26.4 Å². The van der Waals surface area contributed by atoms with Crippen LogP contribution in [0.4, 0.5) is 0 Å². The summed E-state index contributed by atoms with van der Waals surface area (Å²) in [6.07, 6.45) is 68.8. The molecule has 2 unspecified atom stereocenters. The van der Waals surface area contributed by atoms with E-state index >= 15 is 0 Å². The summed E-state index contributed by atoms with van der Waals surface area (Å²) in [6, 6.07) is 0. The number of phosphoric ester groups is 1. The zero-order valence-corrected chi connectivity index (χ0v) is 43.5. The molecule has 0 spiro atoms. The third-order valence-corrected chi connectivity index (χ3v) is 12.0. The second-order valence-corrected chi connectivity index (χ2v) is 18.8. The molecule has 0 aliphatic carbocycles. The van der Waals surface area contributed by atoms with Crippen LogP contribution in [-0.4, -0.2) is 49.3 Å². The maximum absolute atomic E-state index is 12.7. The van der Waals surface area contributed by atoms with Crippen molar-refractivity contribution in [1.29, 1.82) is 0 Å². The van der Waals surface area contributed by atoms with Crippen LogP contribution in [-0.2, 0) is 32.7 Å². The molecule has 0 saturated heterocycles. The molecule has 0 radical (unpaired) electrons. The van der Waals surface area contributed by atoms with Gasteiger partial charge in [0.25, 0.3) is 0 Å². The first-order valence-corrected chi connectivity index (χ1v) is 28.2. The lowest BCUT2D eigenvalue weighted by Gasteiger charge is -2.19. The Balaban J connectivity index is 4.07. The minimum atomic E-state index is -4.39. The number of carbonyl (C=O) groups excluding carboxylic acids is 2. The van der Waals surface area contributed by atoms with Crippen LogP contribution >= 0.6 is 7.82 Å². The molecule has 0 heterocycles. The van der Waals surface area contributed by atoms with E-state index in [-0.39, 0.29) is 38.6 Å². The highest BCUT2D eigenvalue weighted by Gasteiger charge is 2.26. The summed E-state index contributed by atoms with van der Waals surface area (Å²) in [5.41, 5.74) is 5.37. The Hall–Kier alpha value is -3.07. The lowest BCUT2D eigenvalue weighted by Crippen LogP contribution is -2.29. The third-order valence-electron chi connectivity index (χ3n) is 11.0. The Bertz CT molecular complexity index is 1410. The molecule has 0 saturated carbocycles. The molecule has 3 N–H and O–H groups in total. The minimum Gasteiger partial charge on any atom is -0.462 e. The van der Waals surface area contributed by atoms with Crippen molar-refractivity contribution in [3.63, 3.8) is 0 Å². The van der Waals surface area contributed by atoms with E-state index in [0.29, 0.717) is 6.42 Å². The fourth-order valence-electron chi connectivity index (χ4n) is 7.06. The second-order valence-electron chi connectivity index (χ2n) is 17.4. The molecule has 0 bridgehead atoms. The first kappa shape index (κ1) is 63.9. The summed E-state index contributed by atoms with van der Waals surface area (Å²) in [5, 5.41) is 0. The van der Waals surface area contributed by atoms with E-state index < -0.39 is 26.5 Å². The number of unbranched alkanes of at least 4 members (excludes halogenated alkanes) is 20. The van der Waals surface area contributed by atoms with Gasteiger partial charge in [0.2, 0.25) is 0 Å². The number of phosphoric acid groups is 1. The van der Waals surface area contributed by atoms with E-state index in [9.17, 15) is 19.0 Å². The van der Waals surface area contributed by atoms with Crippen molar-refractivity contribution in [3.8, 4) is 0 Å². The van der Waals surface area contributed by atoms with Crippen molar-refractivity contribution in [2.45, 2.75) is 225 Å². The highest BCUT2D eigenvalue weighted by atomic mass is 31.2. The van der Waals surface area contributed by atoms with Crippen molar-refractivity contribution in [2.24, 2.45) is 5.73 Å². The van der Waals surface area contributed by atoms with Gasteiger partial charge in [-0.3, -0.25) is 18.6 Å². The lowest BCUT2D eigenvalue weighted by molar-refractivity contribution is -0.161. The SMILES string of the molecule is CC/C=C\C/C=C\C/C=C\C/C=C\C/C=C\C/C=C\C/C=C\C/C=C\CCCCCCCCC(=O)OC(COC(=O)CCCCCCCCCCCCCCCCC)COP(=O)(O)OCCN. The molecule has 0 aliphatic heterocycles. The minimum absolute atomic E-state index is 0.0470. The molecule has 0 amide bonds. The molecule has 0 aliphatic rings. The van der Waals surface area contributed by atoms with Gasteiger partial charge in [0.1, 0.15) is 6.61 Å². The standard InChI is InChI=1S/C57H98NO8P/c1-3-5-7-9-11-13-15-17-19-20-21-22-23-24-25-26-27-28-29-30-31-32-33-34-36-38-40-42-44-46-48-50-57(60)66-55(54-65-67(61,62)64-52-51-58)53-63-56(59)49-47-45-43-41-39-37-35-18-16-14-12-10-8-6-4-2/h5,7,11,13,17,19,21-22,24-25,27-28,30-31,33-34,55H,3-4,6,8-10,12,14-16,18,20,23,26,29,32,35-54,58H2,1-2H3,(H,61,62)/b7-5-,13-11-,19-17-,22-21-,25-24-,28-27-,31-30-,34-33-. The van der Waals surface area contributed by atoms with E-state index in [2.05, 4.69) is 111 Å². The van der Waals surface area contributed by atoms with Gasteiger partial charge < -0.3 is 20.1 Å². The predicted octanol–water partition coefficient (Wildman–Crippen LogP) is 16.5. The number of allylic oxidation sites excluding steroid dienone is 16. The van der Waals surface area contributed by atoms with Gasteiger partial charge >= 0.3 is 19.8 Å². The van der Waals surface area contributed by atoms with E-state index in [1.54, 1.807) is 0 Å². The average Bonchev–Trinajstić information content (AvgIpc) is 3.32. The molecule has 0 aromatic heterocycles. The highest BCUT2D eigenvalue weighted by molar-refractivity contribution is 7.47. The normalized spacial score (nSPS) is 13.9. The molecule has 0 aromatic rings. The Morgan fingerprint density at radius 3 is 1.22 bits per heavy atom. The van der Waals surface area contributed by atoms with Crippen LogP contribution in [0.1, 0.15) is 219 Å². The first-order chi connectivity index (χ1) is 32.8. The summed E-state index contributed by atoms with van der Waals surface area (Å²) in [7, 11) is -4.39. The highest BCUT2D eigenvalue weighted by Crippen LogP contribution is 2.43. The molecular weight excluding hydrogens is 858 g/mol. The van der Waals surface area contributed by atoms with Crippen LogP contribution in [0, 0.1) is 0 Å². The van der Waals surface area contributed by atoms with E-state index in [1.165, 1.54) is 77.0 Å². The molecule has 0 rings (SSSR count). The van der Waals surface area contributed by atoms with Gasteiger partial charge in [0.15, 0.2) is 6.10 Å². The summed E-state index contributed by atoms with van der Waals surface area (Å²) in [6.45, 7) is 3.61. The second kappa shape index (κ2) is 52.3. The average molecular weight is 956 g/mol. The van der Waals surface area contributed by atoms with E-state index in [4.69, 9.17) is 24.3 Å². The Labute approximate surface area is 410 Å². The molecule has 0 fully saturated rings. The zero-order valence-electron chi connectivity index (χ0n) is 42.6. The molecule has 9 nitrogen and oxygen atoms in total. The fraction of sp³-hybridized carbons (Fsp3) is 0.684. The largest absolute Gasteiger partial charge is 0.472 e. The van der Waals surface area contributed by atoms with Crippen LogP contribution in [0.15, 0.2) is 97.2 Å². The number of hydrogen-bond donors (Lipinski definition) is 2. The first-order valence-electron chi connectivity index (χ1n) is 26.7. The van der Waals surface area contributed by atoms with Gasteiger partial charge in [-0.05, 0) is 77.0 Å². The molecule has 10 heteroatoms. The molecule has 67 heavy (non-hydrogen) atoms. The predicted molar refractivity (Wildman–Crippen MR) is 284 cm³/mol. The molecule has 2 atom stereocenters. The molecule has 384 valence electrons. The van der Waals surface area contributed by atoms with Crippen molar-refractivity contribution in [1.82, 2.24) is 0 Å². The number of esters is 2. The number of rotatable bonds is 49. The van der Waals surface area contributed by atoms with Crippen LogP contribution < -0.4 is 5.73 Å². The maximum Gasteiger partial charge on any atom is 0.472 e. The van der Waals surface area contributed by atoms with Crippen LogP contribution in [0.5, 0.6) is 0 Å². The number of nitrogens with two attached hydrogens (primary N) is 1. The number of carbonyl (C=O) groups is 2. The monoisotopic (exact) mass is 956 g/mol. The Kier molecular flexibility index (Phi) is 49.9. The Morgan fingerprint density at radius 2 is 0.821 bits per heavy atom.